The van der Waals surface area contributed by atoms with E-state index < -0.39 is 0 Å². The Morgan fingerprint density at radius 3 is 2.22 bits per heavy atom. The first kappa shape index (κ1) is 14.2. The van der Waals surface area contributed by atoms with Gasteiger partial charge in [0.25, 0.3) is 0 Å². The van der Waals surface area contributed by atoms with E-state index in [9.17, 15) is 9.59 Å². The van der Waals surface area contributed by atoms with Gasteiger partial charge in [0.15, 0.2) is 0 Å². The number of rotatable bonds is 6. The molecule has 1 rings (SSSR count). The number of esters is 1. The normalized spacial score (nSPS) is 11.7. The lowest BCUT2D eigenvalue weighted by atomic mass is 9.91. The van der Waals surface area contributed by atoms with Crippen molar-refractivity contribution >= 4 is 11.8 Å². The molecule has 0 amide bonds. The van der Waals surface area contributed by atoms with E-state index in [2.05, 4.69) is 4.74 Å². The van der Waals surface area contributed by atoms with Crippen LogP contribution in [0.2, 0.25) is 0 Å². The van der Waals surface area contributed by atoms with Crippen LogP contribution >= 0.6 is 0 Å². The lowest BCUT2D eigenvalue weighted by Crippen LogP contribution is -2.12. The van der Waals surface area contributed by atoms with Gasteiger partial charge in [0.1, 0.15) is 11.5 Å². The average molecular weight is 250 g/mol. The summed E-state index contributed by atoms with van der Waals surface area (Å²) in [6, 6.07) is 7.32. The Balaban J connectivity index is 2.77. The maximum atomic E-state index is 11.6. The molecule has 1 atom stereocenters. The zero-order chi connectivity index (χ0) is 13.5. The van der Waals surface area contributed by atoms with E-state index in [1.54, 1.807) is 7.11 Å². The third-order valence-electron chi connectivity index (χ3n) is 2.87. The van der Waals surface area contributed by atoms with Gasteiger partial charge in [0.05, 0.1) is 14.2 Å². The highest BCUT2D eigenvalue weighted by molar-refractivity contribution is 5.84. The minimum absolute atomic E-state index is 0.0454. The van der Waals surface area contributed by atoms with Crippen molar-refractivity contribution in [3.05, 3.63) is 29.8 Å². The van der Waals surface area contributed by atoms with Crippen LogP contribution in [0.3, 0.4) is 0 Å². The SMILES string of the molecule is COC(=O)CC[C@@H](C(C)=O)c1ccc(OC)cc1. The molecule has 1 aromatic carbocycles. The van der Waals surface area contributed by atoms with E-state index in [1.165, 1.54) is 14.0 Å². The van der Waals surface area contributed by atoms with Gasteiger partial charge >= 0.3 is 5.97 Å². The summed E-state index contributed by atoms with van der Waals surface area (Å²) in [5.74, 6) is 0.225. The van der Waals surface area contributed by atoms with Crippen LogP contribution in [-0.2, 0) is 14.3 Å². The van der Waals surface area contributed by atoms with Crippen molar-refractivity contribution in [2.75, 3.05) is 14.2 Å². The van der Waals surface area contributed by atoms with Gasteiger partial charge in [-0.15, -0.1) is 0 Å². The molecule has 0 fully saturated rings. The van der Waals surface area contributed by atoms with Gasteiger partial charge in [-0.3, -0.25) is 9.59 Å². The molecule has 0 aromatic heterocycles. The summed E-state index contributed by atoms with van der Waals surface area (Å²) in [4.78, 5) is 22.7. The van der Waals surface area contributed by atoms with E-state index in [1.807, 2.05) is 24.3 Å². The lowest BCUT2D eigenvalue weighted by molar-refractivity contribution is -0.140. The van der Waals surface area contributed by atoms with Crippen LogP contribution in [0, 0.1) is 0 Å². The van der Waals surface area contributed by atoms with Crippen molar-refractivity contribution in [2.24, 2.45) is 0 Å². The smallest absolute Gasteiger partial charge is 0.305 e. The Labute approximate surface area is 107 Å². The zero-order valence-corrected chi connectivity index (χ0v) is 10.9. The van der Waals surface area contributed by atoms with Crippen LogP contribution in [0.4, 0.5) is 0 Å². The van der Waals surface area contributed by atoms with Crippen molar-refractivity contribution in [3.63, 3.8) is 0 Å². The van der Waals surface area contributed by atoms with Gasteiger partial charge in [0.2, 0.25) is 0 Å². The molecule has 0 N–H and O–H groups in total. The number of carbonyl (C=O) groups excluding carboxylic acids is 2. The van der Waals surface area contributed by atoms with E-state index >= 15 is 0 Å². The quantitative estimate of drug-likeness (QED) is 0.727. The van der Waals surface area contributed by atoms with Crippen molar-refractivity contribution in [2.45, 2.75) is 25.7 Å². The first-order valence-corrected chi connectivity index (χ1v) is 5.79. The average Bonchev–Trinajstić information content (AvgIpc) is 2.39. The van der Waals surface area contributed by atoms with Crippen LogP contribution in [0.5, 0.6) is 5.75 Å². The van der Waals surface area contributed by atoms with E-state index in [-0.39, 0.29) is 24.1 Å². The van der Waals surface area contributed by atoms with E-state index in [0.717, 1.165) is 11.3 Å². The Hall–Kier alpha value is -1.84. The molecule has 0 spiro atoms. The molecule has 0 saturated heterocycles. The molecule has 4 heteroatoms. The van der Waals surface area contributed by atoms with Gasteiger partial charge in [-0.2, -0.15) is 0 Å². The van der Waals surface area contributed by atoms with Crippen LogP contribution in [0.15, 0.2) is 24.3 Å². The third kappa shape index (κ3) is 3.87. The molecule has 18 heavy (non-hydrogen) atoms. The van der Waals surface area contributed by atoms with Crippen LogP contribution in [0.1, 0.15) is 31.2 Å². The molecular weight excluding hydrogens is 232 g/mol. The van der Waals surface area contributed by atoms with Gasteiger partial charge in [0, 0.05) is 12.3 Å². The lowest BCUT2D eigenvalue weighted by Gasteiger charge is -2.14. The van der Waals surface area contributed by atoms with Gasteiger partial charge in [-0.25, -0.2) is 0 Å². The Bertz CT molecular complexity index is 408. The Kier molecular flexibility index (Phi) is 5.36. The molecule has 4 nitrogen and oxygen atoms in total. The van der Waals surface area contributed by atoms with Crippen molar-refractivity contribution < 1.29 is 19.1 Å². The monoisotopic (exact) mass is 250 g/mol. The molecule has 0 aliphatic rings. The fraction of sp³-hybridized carbons (Fsp3) is 0.429. The summed E-state index contributed by atoms with van der Waals surface area (Å²) < 4.78 is 9.65. The number of ketones is 1. The van der Waals surface area contributed by atoms with E-state index in [0.29, 0.717) is 6.42 Å². The first-order chi connectivity index (χ1) is 8.58. The largest absolute Gasteiger partial charge is 0.497 e. The van der Waals surface area contributed by atoms with Crippen LogP contribution < -0.4 is 4.74 Å². The number of benzene rings is 1. The number of Topliss-reactive ketones (excluding diaryl/α,β-unsaturated/α-hetero) is 1. The fourth-order valence-electron chi connectivity index (χ4n) is 1.81. The van der Waals surface area contributed by atoms with E-state index in [4.69, 9.17) is 4.74 Å². The number of ether oxygens (including phenoxy) is 2. The number of hydrogen-bond acceptors (Lipinski definition) is 4. The predicted molar refractivity (Wildman–Crippen MR) is 67.7 cm³/mol. The van der Waals surface area contributed by atoms with Gasteiger partial charge in [-0.1, -0.05) is 12.1 Å². The maximum absolute atomic E-state index is 11.6. The van der Waals surface area contributed by atoms with Crippen molar-refractivity contribution in [1.82, 2.24) is 0 Å². The van der Waals surface area contributed by atoms with Gasteiger partial charge < -0.3 is 9.47 Å². The summed E-state index contributed by atoms with van der Waals surface area (Å²) in [6.45, 7) is 1.53. The molecule has 0 radical (unpaired) electrons. The highest BCUT2D eigenvalue weighted by Gasteiger charge is 2.18. The minimum Gasteiger partial charge on any atom is -0.497 e. The zero-order valence-electron chi connectivity index (χ0n) is 10.9. The topological polar surface area (TPSA) is 52.6 Å². The number of hydrogen-bond donors (Lipinski definition) is 0. The fourth-order valence-corrected chi connectivity index (χ4v) is 1.81. The molecule has 98 valence electrons. The summed E-state index contributed by atoms with van der Waals surface area (Å²) in [5.41, 5.74) is 0.896. The second kappa shape index (κ2) is 6.79. The van der Waals surface area contributed by atoms with Gasteiger partial charge in [-0.05, 0) is 31.0 Å². The molecule has 0 bridgehead atoms. The first-order valence-electron chi connectivity index (χ1n) is 5.79. The molecule has 1 aromatic rings. The van der Waals surface area contributed by atoms with Crippen LogP contribution in [-0.4, -0.2) is 26.0 Å². The summed E-state index contributed by atoms with van der Waals surface area (Å²) >= 11 is 0. The summed E-state index contributed by atoms with van der Waals surface area (Å²) in [6.07, 6.45) is 0.709. The second-order valence-electron chi connectivity index (χ2n) is 4.05. The summed E-state index contributed by atoms with van der Waals surface area (Å²) in [5, 5.41) is 0. The predicted octanol–water partition coefficient (Wildman–Crippen LogP) is 2.32. The molecule has 0 unspecified atom stereocenters. The molecule has 0 heterocycles. The second-order valence-corrected chi connectivity index (χ2v) is 4.05. The van der Waals surface area contributed by atoms with Crippen molar-refractivity contribution in [1.29, 1.82) is 0 Å². The number of carbonyl (C=O) groups is 2. The van der Waals surface area contributed by atoms with Crippen LogP contribution in [0.25, 0.3) is 0 Å². The Morgan fingerprint density at radius 2 is 1.78 bits per heavy atom. The molecular formula is C14H18O4. The third-order valence-corrected chi connectivity index (χ3v) is 2.87. The standard InChI is InChI=1S/C14H18O4/c1-10(15)13(8-9-14(16)18-3)11-4-6-12(17-2)7-5-11/h4-7,13H,8-9H2,1-3H3/t13-/m0/s1. The molecule has 0 saturated carbocycles. The highest BCUT2D eigenvalue weighted by atomic mass is 16.5. The highest BCUT2D eigenvalue weighted by Crippen LogP contribution is 2.24. The summed E-state index contributed by atoms with van der Waals surface area (Å²) in [7, 11) is 2.94. The number of methoxy groups -OCH3 is 2. The molecule has 0 aliphatic carbocycles. The minimum atomic E-state index is -0.297. The Morgan fingerprint density at radius 1 is 1.17 bits per heavy atom. The van der Waals surface area contributed by atoms with Crippen molar-refractivity contribution in [3.8, 4) is 5.75 Å². The molecule has 0 aliphatic heterocycles. The maximum Gasteiger partial charge on any atom is 0.305 e.